The molecule has 2 rings (SSSR count). The van der Waals surface area contributed by atoms with Crippen molar-refractivity contribution in [2.45, 2.75) is 33.8 Å². The third kappa shape index (κ3) is 4.25. The van der Waals surface area contributed by atoms with E-state index in [9.17, 15) is 4.79 Å². The minimum atomic E-state index is -0.598. The second-order valence-corrected chi connectivity index (χ2v) is 5.97. The number of carbonyl (C=O) groups is 1. The van der Waals surface area contributed by atoms with Gasteiger partial charge in [-0.25, -0.2) is 0 Å². The molecule has 3 nitrogen and oxygen atoms in total. The standard InChI is InChI=1S/C18H20ClNO2/c1-11-7-12(2)9-16(8-11)22-14(4)18(21)20-17-10-15(19)6-5-13(17)3/h5-10,14H,1-4H3,(H,20,21)/t14-/m1/s1. The Morgan fingerprint density at radius 2 is 1.73 bits per heavy atom. The quantitative estimate of drug-likeness (QED) is 0.889. The van der Waals surface area contributed by atoms with Crippen LogP contribution in [0.2, 0.25) is 5.02 Å². The van der Waals surface area contributed by atoms with Crippen molar-refractivity contribution in [1.29, 1.82) is 0 Å². The Morgan fingerprint density at radius 3 is 2.36 bits per heavy atom. The lowest BCUT2D eigenvalue weighted by atomic mass is 10.1. The summed E-state index contributed by atoms with van der Waals surface area (Å²) in [5.41, 5.74) is 3.87. The molecule has 0 radical (unpaired) electrons. The van der Waals surface area contributed by atoms with Crippen LogP contribution in [0.1, 0.15) is 23.6 Å². The van der Waals surface area contributed by atoms with E-state index in [-0.39, 0.29) is 5.91 Å². The maximum atomic E-state index is 12.3. The van der Waals surface area contributed by atoms with Gasteiger partial charge >= 0.3 is 0 Å². The number of aryl methyl sites for hydroxylation is 3. The van der Waals surface area contributed by atoms with Crippen molar-refractivity contribution in [3.05, 3.63) is 58.1 Å². The molecule has 0 aliphatic rings. The van der Waals surface area contributed by atoms with Gasteiger partial charge in [0.25, 0.3) is 5.91 Å². The zero-order valence-electron chi connectivity index (χ0n) is 13.2. The lowest BCUT2D eigenvalue weighted by molar-refractivity contribution is -0.122. The molecule has 1 N–H and O–H groups in total. The molecule has 2 aromatic carbocycles. The number of hydrogen-bond acceptors (Lipinski definition) is 2. The van der Waals surface area contributed by atoms with Crippen LogP contribution in [-0.2, 0) is 4.79 Å². The van der Waals surface area contributed by atoms with Crippen LogP contribution in [0.3, 0.4) is 0 Å². The lowest BCUT2D eigenvalue weighted by Gasteiger charge is -2.16. The van der Waals surface area contributed by atoms with Gasteiger partial charge in [-0.15, -0.1) is 0 Å². The monoisotopic (exact) mass is 317 g/mol. The average molecular weight is 318 g/mol. The Balaban J connectivity index is 2.07. The summed E-state index contributed by atoms with van der Waals surface area (Å²) in [6.07, 6.45) is -0.598. The molecule has 0 heterocycles. The minimum Gasteiger partial charge on any atom is -0.481 e. The molecule has 2 aromatic rings. The molecular weight excluding hydrogens is 298 g/mol. The molecule has 0 aliphatic carbocycles. The van der Waals surface area contributed by atoms with Crippen molar-refractivity contribution in [3.63, 3.8) is 0 Å². The fourth-order valence-electron chi connectivity index (χ4n) is 2.22. The Hall–Kier alpha value is -2.00. The first kappa shape index (κ1) is 16.4. The van der Waals surface area contributed by atoms with Gasteiger partial charge in [0.1, 0.15) is 5.75 Å². The molecule has 1 atom stereocenters. The molecule has 0 saturated heterocycles. The molecule has 0 aliphatic heterocycles. The summed E-state index contributed by atoms with van der Waals surface area (Å²) in [6.45, 7) is 7.65. The normalized spacial score (nSPS) is 11.9. The number of ether oxygens (including phenoxy) is 1. The van der Waals surface area contributed by atoms with Crippen molar-refractivity contribution < 1.29 is 9.53 Å². The van der Waals surface area contributed by atoms with E-state index in [1.807, 2.05) is 39.0 Å². The van der Waals surface area contributed by atoms with Crippen LogP contribution in [0.4, 0.5) is 5.69 Å². The summed E-state index contributed by atoms with van der Waals surface area (Å²) >= 11 is 5.96. The van der Waals surface area contributed by atoms with E-state index in [4.69, 9.17) is 16.3 Å². The van der Waals surface area contributed by atoms with Gasteiger partial charge in [0.2, 0.25) is 0 Å². The highest BCUT2D eigenvalue weighted by Gasteiger charge is 2.16. The summed E-state index contributed by atoms with van der Waals surface area (Å²) in [6, 6.07) is 11.3. The molecule has 22 heavy (non-hydrogen) atoms. The van der Waals surface area contributed by atoms with Gasteiger partial charge < -0.3 is 10.1 Å². The predicted octanol–water partition coefficient (Wildman–Crippen LogP) is 4.67. The third-order valence-corrected chi connectivity index (χ3v) is 3.57. The number of benzene rings is 2. The fraction of sp³-hybridized carbons (Fsp3) is 0.278. The minimum absolute atomic E-state index is 0.204. The van der Waals surface area contributed by atoms with Gasteiger partial charge in [0, 0.05) is 10.7 Å². The van der Waals surface area contributed by atoms with Crippen LogP contribution < -0.4 is 10.1 Å². The number of anilines is 1. The second kappa shape index (κ2) is 6.84. The van der Waals surface area contributed by atoms with Crippen molar-refractivity contribution in [2.75, 3.05) is 5.32 Å². The molecule has 1 amide bonds. The predicted molar refractivity (Wildman–Crippen MR) is 90.8 cm³/mol. The maximum absolute atomic E-state index is 12.3. The highest BCUT2D eigenvalue weighted by atomic mass is 35.5. The van der Waals surface area contributed by atoms with E-state index in [2.05, 4.69) is 11.4 Å². The largest absolute Gasteiger partial charge is 0.481 e. The molecule has 0 fully saturated rings. The number of nitrogens with one attached hydrogen (secondary N) is 1. The Kier molecular flexibility index (Phi) is 5.09. The number of hydrogen-bond donors (Lipinski definition) is 1. The topological polar surface area (TPSA) is 38.3 Å². The number of halogens is 1. The lowest BCUT2D eigenvalue weighted by Crippen LogP contribution is -2.30. The molecule has 0 saturated carbocycles. The van der Waals surface area contributed by atoms with Crippen LogP contribution in [0, 0.1) is 20.8 Å². The van der Waals surface area contributed by atoms with Crippen molar-refractivity contribution in [2.24, 2.45) is 0 Å². The maximum Gasteiger partial charge on any atom is 0.265 e. The van der Waals surface area contributed by atoms with Crippen LogP contribution >= 0.6 is 11.6 Å². The third-order valence-electron chi connectivity index (χ3n) is 3.33. The van der Waals surface area contributed by atoms with E-state index in [1.165, 1.54) is 0 Å². The SMILES string of the molecule is Cc1cc(C)cc(O[C@H](C)C(=O)Nc2cc(Cl)ccc2C)c1. The van der Waals surface area contributed by atoms with Gasteiger partial charge in [0.15, 0.2) is 6.10 Å². The van der Waals surface area contributed by atoms with Crippen molar-refractivity contribution in [1.82, 2.24) is 0 Å². The molecule has 0 aromatic heterocycles. The Labute approximate surface area is 136 Å². The summed E-state index contributed by atoms with van der Waals surface area (Å²) < 4.78 is 5.74. The highest BCUT2D eigenvalue weighted by Crippen LogP contribution is 2.21. The van der Waals surface area contributed by atoms with Gasteiger partial charge in [-0.1, -0.05) is 23.7 Å². The van der Waals surface area contributed by atoms with Gasteiger partial charge in [0.05, 0.1) is 0 Å². The Bertz CT molecular complexity index is 677. The average Bonchev–Trinajstić information content (AvgIpc) is 2.41. The van der Waals surface area contributed by atoms with Crippen LogP contribution in [0.5, 0.6) is 5.75 Å². The van der Waals surface area contributed by atoms with E-state index in [0.717, 1.165) is 16.7 Å². The molecule has 0 spiro atoms. The summed E-state index contributed by atoms with van der Waals surface area (Å²) in [5, 5.41) is 3.44. The number of amides is 1. The Morgan fingerprint density at radius 1 is 1.09 bits per heavy atom. The molecular formula is C18H20ClNO2. The number of carbonyl (C=O) groups excluding carboxylic acids is 1. The van der Waals surface area contributed by atoms with E-state index >= 15 is 0 Å². The van der Waals surface area contributed by atoms with Crippen LogP contribution in [0.15, 0.2) is 36.4 Å². The second-order valence-electron chi connectivity index (χ2n) is 5.53. The van der Waals surface area contributed by atoms with Crippen LogP contribution in [0.25, 0.3) is 0 Å². The summed E-state index contributed by atoms with van der Waals surface area (Å²) in [4.78, 5) is 12.3. The molecule has 0 unspecified atom stereocenters. The van der Waals surface area contributed by atoms with Gasteiger partial charge in [-0.2, -0.15) is 0 Å². The zero-order valence-corrected chi connectivity index (χ0v) is 14.0. The fourth-order valence-corrected chi connectivity index (χ4v) is 2.39. The van der Waals surface area contributed by atoms with Gasteiger partial charge in [-0.05, 0) is 68.7 Å². The first-order valence-corrected chi connectivity index (χ1v) is 7.55. The first-order valence-electron chi connectivity index (χ1n) is 7.17. The smallest absolute Gasteiger partial charge is 0.265 e. The molecule has 4 heteroatoms. The highest BCUT2D eigenvalue weighted by molar-refractivity contribution is 6.31. The zero-order chi connectivity index (χ0) is 16.3. The van der Waals surface area contributed by atoms with E-state index < -0.39 is 6.10 Å². The first-order chi connectivity index (χ1) is 10.3. The summed E-state index contributed by atoms with van der Waals surface area (Å²) in [5.74, 6) is 0.493. The van der Waals surface area contributed by atoms with E-state index in [1.54, 1.807) is 19.1 Å². The summed E-state index contributed by atoms with van der Waals surface area (Å²) in [7, 11) is 0. The number of rotatable bonds is 4. The van der Waals surface area contributed by atoms with Crippen molar-refractivity contribution in [3.8, 4) is 5.75 Å². The van der Waals surface area contributed by atoms with Gasteiger partial charge in [-0.3, -0.25) is 4.79 Å². The van der Waals surface area contributed by atoms with Crippen molar-refractivity contribution >= 4 is 23.2 Å². The van der Waals surface area contributed by atoms with E-state index in [0.29, 0.717) is 16.5 Å². The van der Waals surface area contributed by atoms with Crippen LogP contribution in [-0.4, -0.2) is 12.0 Å². The molecule has 116 valence electrons. The molecule has 0 bridgehead atoms.